The molecule has 9 nitrogen and oxygen atoms in total. The van der Waals surface area contributed by atoms with Crippen LogP contribution >= 0.6 is 0 Å². The number of hydrogen-bond donors (Lipinski definition) is 3. The fourth-order valence-corrected chi connectivity index (χ4v) is 6.00. The number of esters is 1. The topological polar surface area (TPSA) is 140 Å². The predicted molar refractivity (Wildman–Crippen MR) is 180 cm³/mol. The lowest BCUT2D eigenvalue weighted by Crippen LogP contribution is -2.28. The highest BCUT2D eigenvalue weighted by Crippen LogP contribution is 2.32. The molecule has 46 heavy (non-hydrogen) atoms. The fourth-order valence-electron chi connectivity index (χ4n) is 6.00. The zero-order valence-electron chi connectivity index (χ0n) is 26.3. The summed E-state index contributed by atoms with van der Waals surface area (Å²) in [4.78, 5) is 43.4. The summed E-state index contributed by atoms with van der Waals surface area (Å²) in [5.41, 5.74) is 11.2. The quantitative estimate of drug-likeness (QED) is 0.162. The molecule has 3 aromatic carbocycles. The van der Waals surface area contributed by atoms with Gasteiger partial charge in [0.25, 0.3) is 5.91 Å². The summed E-state index contributed by atoms with van der Waals surface area (Å²) in [7, 11) is -1.18. The lowest BCUT2D eigenvalue weighted by atomic mass is 9.79. The molecule has 10 heteroatoms. The standard InChI is InChI=1S/C36H40BN3O6/c1-3-8-24(9-4-2)35(42)27-18-25-12-13-26(19-31(25)40-33(38)20-27)36(43)39-28-14-15-29-30(21-28)37(44)46-32(29)16-17-34(41)45-22-23-10-6-5-7-11-23/h5-7,10-15,18-19,21,24,32,44H,3-4,8-9,16-17,20,22H2,1-2H3,(H2,38,40)(H,39,43). The lowest BCUT2D eigenvalue weighted by Gasteiger charge is -2.16. The van der Waals surface area contributed by atoms with Gasteiger partial charge < -0.3 is 25.5 Å². The number of carbonyl (C=O) groups excluding carboxylic acids is 3. The third-order valence-electron chi connectivity index (χ3n) is 8.32. The van der Waals surface area contributed by atoms with Gasteiger partial charge in [0, 0.05) is 41.1 Å². The fraction of sp³-hybridized carbons (Fsp3) is 0.333. The second-order valence-electron chi connectivity index (χ2n) is 11.8. The van der Waals surface area contributed by atoms with Gasteiger partial charge in [-0.05, 0) is 66.2 Å². The normalized spacial score (nSPS) is 15.4. The molecule has 0 radical (unpaired) electrons. The Kier molecular flexibility index (Phi) is 10.8. The molecule has 0 fully saturated rings. The first-order chi connectivity index (χ1) is 22.2. The van der Waals surface area contributed by atoms with Gasteiger partial charge in [-0.1, -0.05) is 69.2 Å². The van der Waals surface area contributed by atoms with E-state index in [9.17, 15) is 19.4 Å². The summed E-state index contributed by atoms with van der Waals surface area (Å²) in [6, 6.07) is 19.8. The molecule has 2 heterocycles. The number of rotatable bonds is 13. The second kappa shape index (κ2) is 15.2. The van der Waals surface area contributed by atoms with Crippen molar-refractivity contribution in [3.63, 3.8) is 0 Å². The molecule has 0 spiro atoms. The van der Waals surface area contributed by atoms with Crippen molar-refractivity contribution in [1.29, 1.82) is 0 Å². The summed E-state index contributed by atoms with van der Waals surface area (Å²) < 4.78 is 11.1. The van der Waals surface area contributed by atoms with Gasteiger partial charge in [-0.15, -0.1) is 0 Å². The average molecular weight is 622 g/mol. The number of ether oxygens (including phenoxy) is 1. The maximum absolute atomic E-state index is 13.3. The Morgan fingerprint density at radius 2 is 1.83 bits per heavy atom. The summed E-state index contributed by atoms with van der Waals surface area (Å²) >= 11 is 0. The Hall–Kier alpha value is -4.54. The highest BCUT2D eigenvalue weighted by atomic mass is 16.5. The Bertz CT molecular complexity index is 1650. The lowest BCUT2D eigenvalue weighted by molar-refractivity contribution is -0.145. The van der Waals surface area contributed by atoms with Crippen LogP contribution in [0.1, 0.15) is 91.9 Å². The molecule has 0 saturated heterocycles. The van der Waals surface area contributed by atoms with E-state index in [0.29, 0.717) is 40.2 Å². The SMILES string of the molecule is CCCC(CCC)C(=O)C1=Cc2ccc(C(=O)Nc3ccc4c(c3)B(O)OC4CCC(=O)OCc3ccccc3)cc2N=C(N)C1. The highest BCUT2D eigenvalue weighted by Gasteiger charge is 2.35. The van der Waals surface area contributed by atoms with Crippen molar-refractivity contribution < 1.29 is 28.8 Å². The zero-order valence-corrected chi connectivity index (χ0v) is 26.3. The first-order valence-electron chi connectivity index (χ1n) is 16.0. The first kappa shape index (κ1) is 32.8. The number of carbonyl (C=O) groups is 3. The molecular formula is C36H40BN3O6. The van der Waals surface area contributed by atoms with Gasteiger partial charge in [0.15, 0.2) is 5.78 Å². The number of Topliss-reactive ketones (excluding diaryl/α,β-unsaturated/α-hetero) is 1. The molecule has 0 saturated carbocycles. The second-order valence-corrected chi connectivity index (χ2v) is 11.8. The zero-order chi connectivity index (χ0) is 32.6. The minimum atomic E-state index is -1.18. The van der Waals surface area contributed by atoms with E-state index in [1.54, 1.807) is 36.4 Å². The van der Waals surface area contributed by atoms with E-state index in [2.05, 4.69) is 24.2 Å². The van der Waals surface area contributed by atoms with Gasteiger partial charge in [-0.3, -0.25) is 14.4 Å². The summed E-state index contributed by atoms with van der Waals surface area (Å²) in [5.74, 6) is -0.299. The van der Waals surface area contributed by atoms with E-state index in [0.717, 1.165) is 42.4 Å². The molecule has 2 aliphatic rings. The van der Waals surface area contributed by atoms with Crippen molar-refractivity contribution in [2.75, 3.05) is 5.32 Å². The van der Waals surface area contributed by atoms with Crippen LogP contribution in [0.5, 0.6) is 0 Å². The van der Waals surface area contributed by atoms with Crippen LogP contribution < -0.4 is 16.5 Å². The van der Waals surface area contributed by atoms with Crippen molar-refractivity contribution in [2.24, 2.45) is 16.6 Å². The number of hydrogen-bond acceptors (Lipinski definition) is 8. The molecule has 0 aliphatic carbocycles. The predicted octanol–water partition coefficient (Wildman–Crippen LogP) is 5.78. The third kappa shape index (κ3) is 7.99. The molecule has 1 amide bonds. The molecule has 0 aromatic heterocycles. The number of amides is 1. The molecular weight excluding hydrogens is 581 g/mol. The van der Waals surface area contributed by atoms with Crippen LogP contribution in [-0.4, -0.2) is 35.6 Å². The van der Waals surface area contributed by atoms with Crippen LogP contribution in [0.25, 0.3) is 6.08 Å². The molecule has 238 valence electrons. The average Bonchev–Trinajstić information content (AvgIpc) is 3.26. The first-order valence-corrected chi connectivity index (χ1v) is 16.0. The Morgan fingerprint density at radius 3 is 2.57 bits per heavy atom. The summed E-state index contributed by atoms with van der Waals surface area (Å²) in [6.45, 7) is 4.37. The van der Waals surface area contributed by atoms with Crippen molar-refractivity contribution in [3.05, 3.63) is 94.6 Å². The summed E-state index contributed by atoms with van der Waals surface area (Å²) in [5, 5.41) is 13.5. The van der Waals surface area contributed by atoms with Gasteiger partial charge in [-0.2, -0.15) is 0 Å². The number of ketones is 1. The third-order valence-corrected chi connectivity index (χ3v) is 8.32. The minimum Gasteiger partial charge on any atom is -0.461 e. The van der Waals surface area contributed by atoms with Crippen LogP contribution in [0, 0.1) is 5.92 Å². The molecule has 5 rings (SSSR count). The van der Waals surface area contributed by atoms with Gasteiger partial charge >= 0.3 is 13.1 Å². The van der Waals surface area contributed by atoms with Crippen molar-refractivity contribution in [2.45, 2.75) is 71.5 Å². The number of anilines is 1. The number of nitrogens with one attached hydrogen (secondary N) is 1. The molecule has 4 N–H and O–H groups in total. The Balaban J connectivity index is 1.23. The van der Waals surface area contributed by atoms with Gasteiger partial charge in [0.05, 0.1) is 11.8 Å². The van der Waals surface area contributed by atoms with E-state index in [-0.39, 0.29) is 43.0 Å². The van der Waals surface area contributed by atoms with Crippen molar-refractivity contribution in [3.8, 4) is 0 Å². The van der Waals surface area contributed by atoms with Crippen molar-refractivity contribution in [1.82, 2.24) is 0 Å². The monoisotopic (exact) mass is 621 g/mol. The van der Waals surface area contributed by atoms with Gasteiger partial charge in [0.1, 0.15) is 12.4 Å². The van der Waals surface area contributed by atoms with Crippen LogP contribution in [0.15, 0.2) is 77.3 Å². The summed E-state index contributed by atoms with van der Waals surface area (Å²) in [6.07, 6.45) is 5.67. The van der Waals surface area contributed by atoms with Crippen LogP contribution in [0.2, 0.25) is 0 Å². The molecule has 1 atom stereocenters. The molecule has 0 bridgehead atoms. The van der Waals surface area contributed by atoms with Crippen LogP contribution in [0.3, 0.4) is 0 Å². The smallest absolute Gasteiger partial charge is 0.461 e. The number of benzene rings is 3. The van der Waals surface area contributed by atoms with Crippen molar-refractivity contribution >= 4 is 53.5 Å². The van der Waals surface area contributed by atoms with E-state index >= 15 is 0 Å². The van der Waals surface area contributed by atoms with E-state index in [1.165, 1.54) is 0 Å². The molecule has 3 aromatic rings. The molecule has 1 unspecified atom stereocenters. The number of nitrogens with zero attached hydrogens (tertiary/aromatic N) is 1. The van der Waals surface area contributed by atoms with Gasteiger partial charge in [0.2, 0.25) is 0 Å². The van der Waals surface area contributed by atoms with E-state index < -0.39 is 13.2 Å². The van der Waals surface area contributed by atoms with Gasteiger partial charge in [-0.25, -0.2) is 4.99 Å². The molecule has 2 aliphatic heterocycles. The van der Waals surface area contributed by atoms with Crippen LogP contribution in [-0.2, 0) is 25.6 Å². The Morgan fingerprint density at radius 1 is 1.07 bits per heavy atom. The number of amidine groups is 1. The maximum atomic E-state index is 13.3. The maximum Gasteiger partial charge on any atom is 0.492 e. The Labute approximate surface area is 270 Å². The highest BCUT2D eigenvalue weighted by molar-refractivity contribution is 6.62. The van der Waals surface area contributed by atoms with E-state index in [4.69, 9.17) is 15.1 Å². The minimum absolute atomic E-state index is 0.0337. The number of fused-ring (bicyclic) bond motifs is 2. The number of aliphatic imine (C=N–C) groups is 1. The largest absolute Gasteiger partial charge is 0.492 e. The van der Waals surface area contributed by atoms with E-state index in [1.807, 2.05) is 36.4 Å². The number of nitrogens with two attached hydrogens (primary N) is 1. The van der Waals surface area contributed by atoms with Crippen LogP contribution in [0.4, 0.5) is 11.4 Å².